The van der Waals surface area contributed by atoms with Gasteiger partial charge in [-0.2, -0.15) is 10.2 Å². The molecule has 0 amide bonds. The van der Waals surface area contributed by atoms with Crippen LogP contribution in [0.2, 0.25) is 0 Å². The average Bonchev–Trinajstić information content (AvgIpc) is 2.73. The first-order chi connectivity index (χ1) is 8.18. The van der Waals surface area contributed by atoms with Gasteiger partial charge in [-0.3, -0.25) is 4.79 Å². The predicted molar refractivity (Wildman–Crippen MR) is 65.2 cm³/mol. The summed E-state index contributed by atoms with van der Waals surface area (Å²) in [7, 11) is 0. The summed E-state index contributed by atoms with van der Waals surface area (Å²) in [6.45, 7) is 1.98. The summed E-state index contributed by atoms with van der Waals surface area (Å²) in [6.07, 6.45) is 1.63. The summed E-state index contributed by atoms with van der Waals surface area (Å²) in [6, 6.07) is 5.59. The minimum Gasteiger partial charge on any atom is -0.481 e. The highest BCUT2D eigenvalue weighted by Crippen LogP contribution is 2.32. The molecular formula is C12H12N2O2S. The highest BCUT2D eigenvalue weighted by Gasteiger charge is 2.22. The van der Waals surface area contributed by atoms with E-state index in [1.54, 1.807) is 23.6 Å². The van der Waals surface area contributed by atoms with Crippen molar-refractivity contribution < 1.29 is 9.90 Å². The Bertz CT molecular complexity index is 510. The van der Waals surface area contributed by atoms with Gasteiger partial charge in [0.25, 0.3) is 0 Å². The first kappa shape index (κ1) is 11.7. The summed E-state index contributed by atoms with van der Waals surface area (Å²) in [5, 5.41) is 18.8. The molecule has 0 bridgehead atoms. The lowest BCUT2D eigenvalue weighted by atomic mass is 9.97. The summed E-state index contributed by atoms with van der Waals surface area (Å²) in [5.74, 6) is -1.03. The van der Waals surface area contributed by atoms with Crippen LogP contribution in [0.3, 0.4) is 0 Å². The Morgan fingerprint density at radius 3 is 2.88 bits per heavy atom. The van der Waals surface area contributed by atoms with E-state index < -0.39 is 5.97 Å². The third-order valence-corrected chi connectivity index (χ3v) is 3.68. The van der Waals surface area contributed by atoms with Crippen molar-refractivity contribution in [3.8, 4) is 0 Å². The lowest BCUT2D eigenvalue weighted by molar-refractivity contribution is -0.137. The number of carboxylic acid groups (broad SMARTS) is 1. The van der Waals surface area contributed by atoms with Crippen molar-refractivity contribution in [3.63, 3.8) is 0 Å². The maximum atomic E-state index is 10.9. The molecular weight excluding hydrogens is 236 g/mol. The second-order valence-corrected chi connectivity index (χ2v) is 4.71. The molecule has 0 saturated carbocycles. The van der Waals surface area contributed by atoms with Crippen molar-refractivity contribution in [3.05, 3.63) is 45.9 Å². The molecule has 88 valence electrons. The van der Waals surface area contributed by atoms with Gasteiger partial charge in [0.1, 0.15) is 0 Å². The van der Waals surface area contributed by atoms with Gasteiger partial charge in [0.15, 0.2) is 0 Å². The highest BCUT2D eigenvalue weighted by molar-refractivity contribution is 7.10. The van der Waals surface area contributed by atoms with E-state index >= 15 is 0 Å². The van der Waals surface area contributed by atoms with E-state index in [2.05, 4.69) is 10.2 Å². The first-order valence-corrected chi connectivity index (χ1v) is 6.10. The largest absolute Gasteiger partial charge is 0.481 e. The molecule has 0 aliphatic heterocycles. The fourth-order valence-corrected chi connectivity index (χ4v) is 2.79. The molecule has 17 heavy (non-hydrogen) atoms. The summed E-state index contributed by atoms with van der Waals surface area (Å²) < 4.78 is 0. The average molecular weight is 248 g/mol. The fraction of sp³-hybridized carbons (Fsp3) is 0.250. The lowest BCUT2D eigenvalue weighted by Gasteiger charge is -2.13. The number of aliphatic carboxylic acids is 1. The van der Waals surface area contributed by atoms with Crippen molar-refractivity contribution >= 4 is 17.3 Å². The Morgan fingerprint density at radius 2 is 2.35 bits per heavy atom. The van der Waals surface area contributed by atoms with Crippen LogP contribution in [0.25, 0.3) is 0 Å². The van der Waals surface area contributed by atoms with E-state index in [0.29, 0.717) is 5.69 Å². The maximum Gasteiger partial charge on any atom is 0.304 e. The van der Waals surface area contributed by atoms with Crippen molar-refractivity contribution in [2.75, 3.05) is 0 Å². The Hall–Kier alpha value is -1.75. The second-order valence-electron chi connectivity index (χ2n) is 3.77. The Morgan fingerprint density at radius 1 is 1.53 bits per heavy atom. The fourth-order valence-electron chi connectivity index (χ4n) is 1.75. The molecule has 0 aliphatic carbocycles. The molecule has 0 fully saturated rings. The minimum atomic E-state index is -0.826. The van der Waals surface area contributed by atoms with Crippen molar-refractivity contribution in [1.82, 2.24) is 10.2 Å². The molecule has 0 aromatic carbocycles. The number of nitrogens with zero attached hydrogens (tertiary/aromatic N) is 2. The summed E-state index contributed by atoms with van der Waals surface area (Å²) in [4.78, 5) is 12.0. The smallest absolute Gasteiger partial charge is 0.304 e. The molecule has 0 saturated heterocycles. The van der Waals surface area contributed by atoms with Gasteiger partial charge in [0, 0.05) is 17.0 Å². The summed E-state index contributed by atoms with van der Waals surface area (Å²) in [5.41, 5.74) is 1.81. The third kappa shape index (κ3) is 2.68. The van der Waals surface area contributed by atoms with Crippen LogP contribution in [0.4, 0.5) is 0 Å². The zero-order valence-corrected chi connectivity index (χ0v) is 10.1. The van der Waals surface area contributed by atoms with Crippen LogP contribution in [0, 0.1) is 6.92 Å². The topological polar surface area (TPSA) is 63.1 Å². The van der Waals surface area contributed by atoms with Gasteiger partial charge in [-0.25, -0.2) is 0 Å². The quantitative estimate of drug-likeness (QED) is 0.902. The van der Waals surface area contributed by atoms with Crippen molar-refractivity contribution in [2.24, 2.45) is 0 Å². The maximum absolute atomic E-state index is 10.9. The number of carbonyl (C=O) groups is 1. The van der Waals surface area contributed by atoms with Crippen LogP contribution in [0.15, 0.2) is 29.8 Å². The van der Waals surface area contributed by atoms with Crippen LogP contribution in [-0.2, 0) is 4.79 Å². The van der Waals surface area contributed by atoms with Crippen LogP contribution >= 0.6 is 11.3 Å². The lowest BCUT2D eigenvalue weighted by Crippen LogP contribution is -2.09. The van der Waals surface area contributed by atoms with E-state index in [4.69, 9.17) is 5.11 Å². The van der Waals surface area contributed by atoms with Crippen molar-refractivity contribution in [1.29, 1.82) is 0 Å². The van der Waals surface area contributed by atoms with Gasteiger partial charge in [-0.15, -0.1) is 11.3 Å². The first-order valence-electron chi connectivity index (χ1n) is 5.22. The predicted octanol–water partition coefficient (Wildman–Crippen LogP) is 2.45. The minimum absolute atomic E-state index is 0.0417. The molecule has 0 aliphatic rings. The van der Waals surface area contributed by atoms with Gasteiger partial charge in [-0.1, -0.05) is 0 Å². The number of rotatable bonds is 4. The zero-order chi connectivity index (χ0) is 12.3. The van der Waals surface area contributed by atoms with Gasteiger partial charge < -0.3 is 5.11 Å². The normalized spacial score (nSPS) is 12.3. The number of thiophene rings is 1. The van der Waals surface area contributed by atoms with Gasteiger partial charge in [0.2, 0.25) is 0 Å². The van der Waals surface area contributed by atoms with E-state index in [-0.39, 0.29) is 12.3 Å². The van der Waals surface area contributed by atoms with E-state index in [1.807, 2.05) is 24.4 Å². The van der Waals surface area contributed by atoms with Crippen LogP contribution in [0.5, 0.6) is 0 Å². The number of aryl methyl sites for hydroxylation is 1. The number of hydrogen-bond acceptors (Lipinski definition) is 4. The standard InChI is InChI=1S/C12H12N2O2S/c1-8-4-6-17-12(8)9(7-11(15)16)10-3-2-5-13-14-10/h2-6,9H,7H2,1H3,(H,15,16). The van der Waals surface area contributed by atoms with Crippen molar-refractivity contribution in [2.45, 2.75) is 19.3 Å². The van der Waals surface area contributed by atoms with E-state index in [1.165, 1.54) is 0 Å². The van der Waals surface area contributed by atoms with E-state index in [0.717, 1.165) is 10.4 Å². The molecule has 0 spiro atoms. The molecule has 2 rings (SSSR count). The number of aromatic nitrogens is 2. The SMILES string of the molecule is Cc1ccsc1C(CC(=O)O)c1cccnn1. The molecule has 2 aromatic heterocycles. The van der Waals surface area contributed by atoms with Crippen LogP contribution in [-0.4, -0.2) is 21.3 Å². The molecule has 1 atom stereocenters. The van der Waals surface area contributed by atoms with Gasteiger partial charge in [-0.05, 0) is 36.1 Å². The molecule has 5 heteroatoms. The Balaban J connectivity index is 2.39. The van der Waals surface area contributed by atoms with Crippen LogP contribution in [0.1, 0.15) is 28.5 Å². The molecule has 1 N–H and O–H groups in total. The van der Waals surface area contributed by atoms with Gasteiger partial charge in [0.05, 0.1) is 12.1 Å². The van der Waals surface area contributed by atoms with E-state index in [9.17, 15) is 4.79 Å². The van der Waals surface area contributed by atoms with Crippen LogP contribution < -0.4 is 0 Å². The second kappa shape index (κ2) is 5.05. The number of hydrogen-bond donors (Lipinski definition) is 1. The van der Waals surface area contributed by atoms with Gasteiger partial charge >= 0.3 is 5.97 Å². The zero-order valence-electron chi connectivity index (χ0n) is 9.33. The summed E-state index contributed by atoms with van der Waals surface area (Å²) >= 11 is 1.56. The Kier molecular flexibility index (Phi) is 3.49. The molecule has 2 aromatic rings. The Labute approximate surface area is 103 Å². The molecule has 2 heterocycles. The molecule has 4 nitrogen and oxygen atoms in total. The third-order valence-electron chi connectivity index (χ3n) is 2.55. The molecule has 0 radical (unpaired) electrons. The molecule has 1 unspecified atom stereocenters. The number of carboxylic acids is 1. The highest BCUT2D eigenvalue weighted by atomic mass is 32.1. The monoisotopic (exact) mass is 248 g/mol.